The SMILES string of the molecule is CCCCCC(CCOC)CCOC(=O)c1ccccc1C(=O)OCC(C)C. The van der Waals surface area contributed by atoms with Gasteiger partial charge >= 0.3 is 11.9 Å². The fourth-order valence-electron chi connectivity index (χ4n) is 2.96. The van der Waals surface area contributed by atoms with Crippen molar-refractivity contribution in [2.24, 2.45) is 11.8 Å². The average Bonchev–Trinajstić information content (AvgIpc) is 2.69. The zero-order chi connectivity index (χ0) is 20.8. The second-order valence-corrected chi connectivity index (χ2v) is 7.61. The second kappa shape index (κ2) is 14.2. The number of hydrogen-bond donors (Lipinski definition) is 0. The molecule has 0 saturated heterocycles. The van der Waals surface area contributed by atoms with Crippen molar-refractivity contribution < 1.29 is 23.8 Å². The fraction of sp³-hybridized carbons (Fsp3) is 0.652. The summed E-state index contributed by atoms with van der Waals surface area (Å²) in [7, 11) is 1.71. The molecule has 0 aliphatic rings. The van der Waals surface area contributed by atoms with Crippen LogP contribution in [0.4, 0.5) is 0 Å². The Morgan fingerprint density at radius 3 is 2.07 bits per heavy atom. The average molecular weight is 393 g/mol. The molecule has 0 fully saturated rings. The van der Waals surface area contributed by atoms with Crippen molar-refractivity contribution in [3.63, 3.8) is 0 Å². The molecule has 28 heavy (non-hydrogen) atoms. The van der Waals surface area contributed by atoms with Gasteiger partial charge in [-0.15, -0.1) is 0 Å². The van der Waals surface area contributed by atoms with Crippen LogP contribution in [0.5, 0.6) is 0 Å². The highest BCUT2D eigenvalue weighted by Gasteiger charge is 2.19. The predicted octanol–water partition coefficient (Wildman–Crippen LogP) is 5.28. The van der Waals surface area contributed by atoms with Crippen molar-refractivity contribution in [2.75, 3.05) is 26.9 Å². The molecule has 1 aromatic rings. The van der Waals surface area contributed by atoms with Gasteiger partial charge in [-0.2, -0.15) is 0 Å². The summed E-state index contributed by atoms with van der Waals surface area (Å²) in [6.07, 6.45) is 6.48. The second-order valence-electron chi connectivity index (χ2n) is 7.61. The van der Waals surface area contributed by atoms with Crippen LogP contribution in [0.15, 0.2) is 24.3 Å². The summed E-state index contributed by atoms with van der Waals surface area (Å²) in [6, 6.07) is 6.66. The van der Waals surface area contributed by atoms with E-state index in [1.807, 2.05) is 13.8 Å². The first kappa shape index (κ1) is 24.2. The molecule has 5 nitrogen and oxygen atoms in total. The number of methoxy groups -OCH3 is 1. The number of esters is 2. The third-order valence-corrected chi connectivity index (χ3v) is 4.62. The molecule has 0 aromatic heterocycles. The molecule has 0 bridgehead atoms. The van der Waals surface area contributed by atoms with Crippen molar-refractivity contribution >= 4 is 11.9 Å². The highest BCUT2D eigenvalue weighted by molar-refractivity contribution is 6.03. The van der Waals surface area contributed by atoms with E-state index in [-0.39, 0.29) is 17.0 Å². The highest BCUT2D eigenvalue weighted by Crippen LogP contribution is 2.19. The summed E-state index contributed by atoms with van der Waals surface area (Å²) in [4.78, 5) is 24.8. The molecular weight excluding hydrogens is 356 g/mol. The first-order valence-corrected chi connectivity index (χ1v) is 10.4. The molecule has 0 aliphatic heterocycles. The van der Waals surface area contributed by atoms with Crippen LogP contribution in [0.2, 0.25) is 0 Å². The zero-order valence-corrected chi connectivity index (χ0v) is 17.9. The van der Waals surface area contributed by atoms with Gasteiger partial charge in [-0.3, -0.25) is 0 Å². The van der Waals surface area contributed by atoms with Crippen LogP contribution in [0.1, 0.15) is 80.0 Å². The lowest BCUT2D eigenvalue weighted by Gasteiger charge is -2.17. The molecule has 1 rings (SSSR count). The summed E-state index contributed by atoms with van der Waals surface area (Å²) in [6.45, 7) is 7.50. The monoisotopic (exact) mass is 392 g/mol. The van der Waals surface area contributed by atoms with Crippen LogP contribution >= 0.6 is 0 Å². The summed E-state index contributed by atoms with van der Waals surface area (Å²) in [5.74, 6) is -0.250. The maximum atomic E-state index is 12.5. The lowest BCUT2D eigenvalue weighted by Crippen LogP contribution is -2.17. The Morgan fingerprint density at radius 1 is 0.893 bits per heavy atom. The first-order chi connectivity index (χ1) is 13.5. The van der Waals surface area contributed by atoms with Crippen molar-refractivity contribution in [1.29, 1.82) is 0 Å². The zero-order valence-electron chi connectivity index (χ0n) is 17.9. The van der Waals surface area contributed by atoms with Crippen molar-refractivity contribution in [3.05, 3.63) is 35.4 Å². The molecular formula is C23H36O5. The Hall–Kier alpha value is -1.88. The molecule has 0 N–H and O–H groups in total. The highest BCUT2D eigenvalue weighted by atomic mass is 16.5. The minimum absolute atomic E-state index is 0.236. The van der Waals surface area contributed by atoms with Crippen LogP contribution in [-0.2, 0) is 14.2 Å². The van der Waals surface area contributed by atoms with E-state index in [4.69, 9.17) is 14.2 Å². The van der Waals surface area contributed by atoms with Crippen molar-refractivity contribution in [1.82, 2.24) is 0 Å². The van der Waals surface area contributed by atoms with Gasteiger partial charge in [-0.25, -0.2) is 9.59 Å². The van der Waals surface area contributed by atoms with E-state index in [2.05, 4.69) is 6.92 Å². The molecule has 1 atom stereocenters. The first-order valence-electron chi connectivity index (χ1n) is 10.4. The Balaban J connectivity index is 2.60. The fourth-order valence-corrected chi connectivity index (χ4v) is 2.96. The Labute approximate surface area is 169 Å². The van der Waals surface area contributed by atoms with E-state index in [9.17, 15) is 9.59 Å². The minimum Gasteiger partial charge on any atom is -0.462 e. The molecule has 0 spiro atoms. The smallest absolute Gasteiger partial charge is 0.339 e. The number of rotatable bonds is 14. The van der Waals surface area contributed by atoms with E-state index in [1.54, 1.807) is 31.4 Å². The maximum absolute atomic E-state index is 12.5. The third-order valence-electron chi connectivity index (χ3n) is 4.62. The van der Waals surface area contributed by atoms with Crippen LogP contribution in [-0.4, -0.2) is 38.9 Å². The van der Waals surface area contributed by atoms with Gasteiger partial charge in [-0.05, 0) is 36.8 Å². The number of ether oxygens (including phenoxy) is 3. The number of carbonyl (C=O) groups is 2. The Morgan fingerprint density at radius 2 is 1.50 bits per heavy atom. The van der Waals surface area contributed by atoms with Crippen LogP contribution in [0.25, 0.3) is 0 Å². The van der Waals surface area contributed by atoms with Gasteiger partial charge in [0, 0.05) is 13.7 Å². The predicted molar refractivity (Wildman–Crippen MR) is 111 cm³/mol. The quantitative estimate of drug-likeness (QED) is 0.318. The summed E-state index contributed by atoms with van der Waals surface area (Å²) in [5, 5.41) is 0. The van der Waals surface area contributed by atoms with Gasteiger partial charge in [0.2, 0.25) is 0 Å². The van der Waals surface area contributed by atoms with Crippen molar-refractivity contribution in [3.8, 4) is 0 Å². The molecule has 0 saturated carbocycles. The summed E-state index contributed by atoms with van der Waals surface area (Å²) >= 11 is 0. The molecule has 158 valence electrons. The van der Waals surface area contributed by atoms with Gasteiger partial charge in [0.25, 0.3) is 0 Å². The van der Waals surface area contributed by atoms with E-state index in [0.29, 0.717) is 19.1 Å². The van der Waals surface area contributed by atoms with Crippen molar-refractivity contribution in [2.45, 2.75) is 59.3 Å². The molecule has 0 amide bonds. The molecule has 0 aliphatic carbocycles. The largest absolute Gasteiger partial charge is 0.462 e. The summed E-state index contributed by atoms with van der Waals surface area (Å²) < 4.78 is 15.9. The third kappa shape index (κ3) is 9.36. The normalized spacial score (nSPS) is 12.0. The Bertz CT molecular complexity index is 582. The molecule has 1 unspecified atom stereocenters. The number of carbonyl (C=O) groups excluding carboxylic acids is 2. The minimum atomic E-state index is -0.487. The van der Waals surface area contributed by atoms with E-state index < -0.39 is 11.9 Å². The number of hydrogen-bond acceptors (Lipinski definition) is 5. The Kier molecular flexibility index (Phi) is 12.2. The summed E-state index contributed by atoms with van der Waals surface area (Å²) in [5.41, 5.74) is 0.516. The molecule has 0 radical (unpaired) electrons. The topological polar surface area (TPSA) is 61.8 Å². The van der Waals surface area contributed by atoms with Gasteiger partial charge in [-0.1, -0.05) is 58.6 Å². The van der Waals surface area contributed by atoms with Crippen LogP contribution in [0, 0.1) is 11.8 Å². The molecule has 5 heteroatoms. The van der Waals surface area contributed by atoms with Gasteiger partial charge in [0.05, 0.1) is 24.3 Å². The van der Waals surface area contributed by atoms with E-state index in [1.165, 1.54) is 19.3 Å². The number of benzene rings is 1. The van der Waals surface area contributed by atoms with Gasteiger partial charge in [0.1, 0.15) is 0 Å². The van der Waals surface area contributed by atoms with E-state index >= 15 is 0 Å². The van der Waals surface area contributed by atoms with Gasteiger partial charge in [0.15, 0.2) is 0 Å². The van der Waals surface area contributed by atoms with E-state index in [0.717, 1.165) is 25.9 Å². The number of unbranched alkanes of at least 4 members (excludes halogenated alkanes) is 2. The lowest BCUT2D eigenvalue weighted by atomic mass is 9.95. The molecule has 1 aromatic carbocycles. The molecule has 0 heterocycles. The lowest BCUT2D eigenvalue weighted by molar-refractivity contribution is 0.0418. The van der Waals surface area contributed by atoms with Crippen LogP contribution < -0.4 is 0 Å². The standard InChI is InChI=1S/C23H36O5/c1-5-6-7-10-19(13-15-26-4)14-16-27-22(24)20-11-8-9-12-21(20)23(25)28-17-18(2)3/h8-9,11-12,18-19H,5-7,10,13-17H2,1-4H3. The van der Waals surface area contributed by atoms with Gasteiger partial charge < -0.3 is 14.2 Å². The maximum Gasteiger partial charge on any atom is 0.339 e. The van der Waals surface area contributed by atoms with Crippen LogP contribution in [0.3, 0.4) is 0 Å².